The van der Waals surface area contributed by atoms with E-state index < -0.39 is 12.1 Å². The van der Waals surface area contributed by atoms with Crippen molar-refractivity contribution in [2.75, 3.05) is 39.6 Å². The van der Waals surface area contributed by atoms with Crippen LogP contribution in [0.25, 0.3) is 11.1 Å². The lowest BCUT2D eigenvalue weighted by Gasteiger charge is -2.14. The Morgan fingerprint density at radius 3 is 2.10 bits per heavy atom. The molecule has 7 heteroatoms. The summed E-state index contributed by atoms with van der Waals surface area (Å²) in [5.74, 6) is -0.785. The molecule has 0 unspecified atom stereocenters. The van der Waals surface area contributed by atoms with Crippen molar-refractivity contribution in [2.45, 2.75) is 18.8 Å². The molecule has 2 aromatic carbocycles. The maximum Gasteiger partial charge on any atom is 0.407 e. The molecular formula is C23H27NO6. The van der Waals surface area contributed by atoms with Gasteiger partial charge in [-0.1, -0.05) is 48.5 Å². The fourth-order valence-corrected chi connectivity index (χ4v) is 3.52. The van der Waals surface area contributed by atoms with E-state index in [-0.39, 0.29) is 18.9 Å². The molecule has 30 heavy (non-hydrogen) atoms. The molecule has 3 rings (SSSR count). The molecule has 0 saturated carbocycles. The Labute approximate surface area is 176 Å². The Balaban J connectivity index is 1.31. The zero-order valence-corrected chi connectivity index (χ0v) is 16.8. The van der Waals surface area contributed by atoms with Gasteiger partial charge in [0.2, 0.25) is 0 Å². The minimum absolute atomic E-state index is 0.0395. The third-order valence-electron chi connectivity index (χ3n) is 4.91. The third-order valence-corrected chi connectivity index (χ3v) is 4.91. The highest BCUT2D eigenvalue weighted by Gasteiger charge is 2.28. The van der Waals surface area contributed by atoms with Gasteiger partial charge in [-0.25, -0.2) is 4.79 Å². The molecule has 2 N–H and O–H groups in total. The van der Waals surface area contributed by atoms with Crippen LogP contribution in [0.1, 0.15) is 29.9 Å². The third kappa shape index (κ3) is 6.05. The van der Waals surface area contributed by atoms with Crippen LogP contribution in [0.4, 0.5) is 4.79 Å². The van der Waals surface area contributed by atoms with Crippen molar-refractivity contribution < 1.29 is 28.9 Å². The molecule has 0 radical (unpaired) electrons. The molecule has 0 heterocycles. The van der Waals surface area contributed by atoms with E-state index in [1.165, 1.54) is 22.3 Å². The van der Waals surface area contributed by atoms with Gasteiger partial charge in [-0.15, -0.1) is 0 Å². The average Bonchev–Trinajstić information content (AvgIpc) is 3.07. The van der Waals surface area contributed by atoms with E-state index in [0.717, 1.165) is 0 Å². The fourth-order valence-electron chi connectivity index (χ4n) is 3.52. The van der Waals surface area contributed by atoms with Gasteiger partial charge in [-0.2, -0.15) is 0 Å². The van der Waals surface area contributed by atoms with Crippen LogP contribution in [0.5, 0.6) is 0 Å². The second kappa shape index (κ2) is 11.3. The Morgan fingerprint density at radius 2 is 1.47 bits per heavy atom. The predicted molar refractivity (Wildman–Crippen MR) is 112 cm³/mol. The number of hydrogen-bond donors (Lipinski definition) is 2. The molecular weight excluding hydrogens is 386 g/mol. The number of carboxylic acid groups (broad SMARTS) is 1. The van der Waals surface area contributed by atoms with Crippen molar-refractivity contribution in [1.29, 1.82) is 0 Å². The molecule has 0 atom stereocenters. The standard InChI is InChI=1S/C23H27NO6/c25-22(26)10-5-12-28-14-15-29-13-11-24-23(27)30-16-21-19-8-3-1-6-17(19)18-7-2-4-9-20(18)21/h1-4,6-9,21H,5,10-16H2,(H,24,27)(H,25,26). The lowest BCUT2D eigenvalue weighted by atomic mass is 9.98. The molecule has 0 fully saturated rings. The van der Waals surface area contributed by atoms with E-state index in [0.29, 0.717) is 39.4 Å². The number of benzene rings is 2. The largest absolute Gasteiger partial charge is 0.481 e. The topological polar surface area (TPSA) is 94.1 Å². The van der Waals surface area contributed by atoms with Gasteiger partial charge < -0.3 is 24.6 Å². The van der Waals surface area contributed by atoms with Crippen molar-refractivity contribution in [3.63, 3.8) is 0 Å². The summed E-state index contributed by atoms with van der Waals surface area (Å²) in [6.07, 6.45) is 0.120. The SMILES string of the molecule is O=C(O)CCCOCCOCCNC(=O)OCC1c2ccccc2-c2ccccc21. The van der Waals surface area contributed by atoms with Gasteiger partial charge in [0.15, 0.2) is 0 Å². The van der Waals surface area contributed by atoms with Crippen LogP contribution in [0.3, 0.4) is 0 Å². The van der Waals surface area contributed by atoms with Crippen molar-refractivity contribution >= 4 is 12.1 Å². The van der Waals surface area contributed by atoms with E-state index in [9.17, 15) is 9.59 Å². The number of aliphatic carboxylic acids is 1. The van der Waals surface area contributed by atoms with Crippen LogP contribution in [0, 0.1) is 0 Å². The van der Waals surface area contributed by atoms with Gasteiger partial charge in [0.05, 0.1) is 19.8 Å². The molecule has 160 valence electrons. The average molecular weight is 413 g/mol. The first-order valence-electron chi connectivity index (χ1n) is 10.1. The second-order valence-corrected chi connectivity index (χ2v) is 6.97. The zero-order valence-electron chi connectivity index (χ0n) is 16.8. The number of carboxylic acids is 1. The molecule has 0 aliphatic heterocycles. The summed E-state index contributed by atoms with van der Waals surface area (Å²) in [4.78, 5) is 22.4. The Hall–Kier alpha value is -2.90. The second-order valence-electron chi connectivity index (χ2n) is 6.97. The van der Waals surface area contributed by atoms with Gasteiger partial charge in [0.25, 0.3) is 0 Å². The minimum atomic E-state index is -0.825. The van der Waals surface area contributed by atoms with E-state index in [1.54, 1.807) is 0 Å². The van der Waals surface area contributed by atoms with E-state index in [4.69, 9.17) is 19.3 Å². The Morgan fingerprint density at radius 1 is 0.867 bits per heavy atom. The fraction of sp³-hybridized carbons (Fsp3) is 0.391. The van der Waals surface area contributed by atoms with Crippen LogP contribution < -0.4 is 5.32 Å². The quantitative estimate of drug-likeness (QED) is 0.518. The molecule has 0 aromatic heterocycles. The number of amides is 1. The molecule has 0 saturated heterocycles. The van der Waals surface area contributed by atoms with Crippen LogP contribution in [-0.2, 0) is 19.0 Å². The van der Waals surface area contributed by atoms with Gasteiger partial charge >= 0.3 is 12.1 Å². The first kappa shape index (κ1) is 21.8. The summed E-state index contributed by atoms with van der Waals surface area (Å²) in [5.41, 5.74) is 4.75. The summed E-state index contributed by atoms with van der Waals surface area (Å²) < 4.78 is 16.1. The summed E-state index contributed by atoms with van der Waals surface area (Å²) in [7, 11) is 0. The summed E-state index contributed by atoms with van der Waals surface area (Å²) in [6.45, 7) is 2.15. The normalized spacial score (nSPS) is 12.3. The van der Waals surface area contributed by atoms with E-state index in [1.807, 2.05) is 24.3 Å². The summed E-state index contributed by atoms with van der Waals surface area (Å²) in [5, 5.41) is 11.2. The number of nitrogens with one attached hydrogen (secondary N) is 1. The van der Waals surface area contributed by atoms with Crippen molar-refractivity contribution in [1.82, 2.24) is 5.32 Å². The van der Waals surface area contributed by atoms with E-state index >= 15 is 0 Å². The number of rotatable bonds is 12. The number of hydrogen-bond acceptors (Lipinski definition) is 5. The highest BCUT2D eigenvalue weighted by molar-refractivity contribution is 5.79. The summed E-state index contributed by atoms with van der Waals surface area (Å²) in [6, 6.07) is 16.4. The monoisotopic (exact) mass is 413 g/mol. The van der Waals surface area contributed by atoms with Gasteiger partial charge in [0.1, 0.15) is 6.61 Å². The highest BCUT2D eigenvalue weighted by Crippen LogP contribution is 2.44. The zero-order chi connectivity index (χ0) is 21.2. The smallest absolute Gasteiger partial charge is 0.407 e. The Kier molecular flexibility index (Phi) is 8.23. The maximum absolute atomic E-state index is 12.0. The van der Waals surface area contributed by atoms with Crippen LogP contribution in [0.2, 0.25) is 0 Å². The lowest BCUT2D eigenvalue weighted by molar-refractivity contribution is -0.137. The molecule has 0 spiro atoms. The predicted octanol–water partition coefficient (Wildman–Crippen LogP) is 3.42. The Bertz CT molecular complexity index is 808. The molecule has 0 bridgehead atoms. The first-order valence-corrected chi connectivity index (χ1v) is 10.1. The molecule has 7 nitrogen and oxygen atoms in total. The number of fused-ring (bicyclic) bond motifs is 3. The van der Waals surface area contributed by atoms with Crippen LogP contribution in [-0.4, -0.2) is 56.7 Å². The minimum Gasteiger partial charge on any atom is -0.481 e. The molecule has 1 aliphatic rings. The van der Waals surface area contributed by atoms with Crippen molar-refractivity contribution in [3.05, 3.63) is 59.7 Å². The summed E-state index contributed by atoms with van der Waals surface area (Å²) >= 11 is 0. The van der Waals surface area contributed by atoms with Crippen molar-refractivity contribution in [2.24, 2.45) is 0 Å². The molecule has 1 amide bonds. The highest BCUT2D eigenvalue weighted by atomic mass is 16.6. The molecule has 2 aromatic rings. The molecule has 1 aliphatic carbocycles. The van der Waals surface area contributed by atoms with Crippen molar-refractivity contribution in [3.8, 4) is 11.1 Å². The number of carbonyl (C=O) groups excluding carboxylic acids is 1. The number of alkyl carbamates (subject to hydrolysis) is 1. The maximum atomic E-state index is 12.0. The first-order chi connectivity index (χ1) is 14.7. The van der Waals surface area contributed by atoms with Crippen LogP contribution >= 0.6 is 0 Å². The van der Waals surface area contributed by atoms with Gasteiger partial charge in [-0.3, -0.25) is 4.79 Å². The number of carbonyl (C=O) groups is 2. The lowest BCUT2D eigenvalue weighted by Crippen LogP contribution is -2.29. The van der Waals surface area contributed by atoms with Crippen LogP contribution in [0.15, 0.2) is 48.5 Å². The van der Waals surface area contributed by atoms with Gasteiger partial charge in [0, 0.05) is 25.5 Å². The number of ether oxygens (including phenoxy) is 3. The van der Waals surface area contributed by atoms with Gasteiger partial charge in [-0.05, 0) is 28.7 Å². The van der Waals surface area contributed by atoms with E-state index in [2.05, 4.69) is 29.6 Å².